The summed E-state index contributed by atoms with van der Waals surface area (Å²) in [6, 6.07) is -0.237. The highest BCUT2D eigenvalue weighted by Crippen LogP contribution is 2.22. The van der Waals surface area contributed by atoms with Gasteiger partial charge >= 0.3 is 12.0 Å². The van der Waals surface area contributed by atoms with E-state index in [2.05, 4.69) is 17.6 Å². The number of hydrogen-bond donors (Lipinski definition) is 3. The van der Waals surface area contributed by atoms with Gasteiger partial charge in [0, 0.05) is 25.6 Å². The van der Waals surface area contributed by atoms with Gasteiger partial charge in [0.1, 0.15) is 0 Å². The van der Waals surface area contributed by atoms with E-state index in [1.165, 1.54) is 0 Å². The molecule has 0 aromatic rings. The number of carboxylic acids is 1. The quantitative estimate of drug-likeness (QED) is 0.672. The lowest BCUT2D eigenvalue weighted by molar-refractivity contribution is -0.149. The second-order valence-electron chi connectivity index (χ2n) is 5.62. The molecule has 4 atom stereocenters. The maximum absolute atomic E-state index is 11.7. The number of carbonyl (C=O) groups is 2. The number of carboxylic acid groups (broad SMARTS) is 1. The van der Waals surface area contributed by atoms with Crippen molar-refractivity contribution in [2.75, 3.05) is 19.7 Å². The zero-order valence-electron chi connectivity index (χ0n) is 12.3. The first-order chi connectivity index (χ1) is 10.1. The third-order valence-corrected chi connectivity index (χ3v) is 4.15. The fourth-order valence-electron chi connectivity index (χ4n) is 2.91. The summed E-state index contributed by atoms with van der Waals surface area (Å²) in [6.45, 7) is 3.79. The number of nitrogens with one attached hydrogen (secondary N) is 2. The van der Waals surface area contributed by atoms with E-state index in [-0.39, 0.29) is 18.2 Å². The molecule has 0 radical (unpaired) electrons. The molecule has 2 aliphatic rings. The molecule has 2 saturated heterocycles. The third-order valence-electron chi connectivity index (χ3n) is 4.15. The molecule has 2 fully saturated rings. The molecule has 0 bridgehead atoms. The van der Waals surface area contributed by atoms with Gasteiger partial charge in [-0.15, -0.1) is 0 Å². The van der Waals surface area contributed by atoms with E-state index in [0.29, 0.717) is 31.8 Å². The van der Waals surface area contributed by atoms with Crippen LogP contribution in [0.5, 0.6) is 0 Å². The molecule has 0 spiro atoms. The summed E-state index contributed by atoms with van der Waals surface area (Å²) in [7, 11) is 0. The number of urea groups is 1. The van der Waals surface area contributed by atoms with E-state index in [4.69, 9.17) is 14.6 Å². The minimum Gasteiger partial charge on any atom is -0.479 e. The molecule has 3 N–H and O–H groups in total. The molecule has 7 nitrogen and oxygen atoms in total. The summed E-state index contributed by atoms with van der Waals surface area (Å²) in [5.74, 6) is -0.561. The Labute approximate surface area is 124 Å². The van der Waals surface area contributed by atoms with E-state index in [9.17, 15) is 9.59 Å². The summed E-state index contributed by atoms with van der Waals surface area (Å²) < 4.78 is 10.9. The Balaban J connectivity index is 1.61. The molecule has 7 heteroatoms. The van der Waals surface area contributed by atoms with Gasteiger partial charge in [0.25, 0.3) is 0 Å². The van der Waals surface area contributed by atoms with Gasteiger partial charge in [0.05, 0.1) is 12.2 Å². The Morgan fingerprint density at radius 1 is 1.19 bits per heavy atom. The van der Waals surface area contributed by atoms with Crippen LogP contribution in [0, 0.1) is 5.92 Å². The fourth-order valence-corrected chi connectivity index (χ4v) is 2.91. The van der Waals surface area contributed by atoms with Crippen molar-refractivity contribution in [3.63, 3.8) is 0 Å². The average Bonchev–Trinajstić information content (AvgIpc) is 3.11. The zero-order valence-corrected chi connectivity index (χ0v) is 12.3. The van der Waals surface area contributed by atoms with Gasteiger partial charge in [0.15, 0.2) is 6.10 Å². The molecule has 4 unspecified atom stereocenters. The molecule has 21 heavy (non-hydrogen) atoms. The van der Waals surface area contributed by atoms with Crippen molar-refractivity contribution in [3.05, 3.63) is 0 Å². The Morgan fingerprint density at radius 3 is 2.62 bits per heavy atom. The number of rotatable bonds is 6. The molecular formula is C14H24N2O5. The second-order valence-corrected chi connectivity index (χ2v) is 5.62. The summed E-state index contributed by atoms with van der Waals surface area (Å²) >= 11 is 0. The van der Waals surface area contributed by atoms with Crippen LogP contribution >= 0.6 is 0 Å². The average molecular weight is 300 g/mol. The first kappa shape index (κ1) is 16.0. The van der Waals surface area contributed by atoms with Gasteiger partial charge in [-0.2, -0.15) is 0 Å². The molecule has 0 aliphatic carbocycles. The van der Waals surface area contributed by atoms with Crippen LogP contribution in [0.25, 0.3) is 0 Å². The van der Waals surface area contributed by atoms with E-state index >= 15 is 0 Å². The lowest BCUT2D eigenvalue weighted by Crippen LogP contribution is -2.42. The molecule has 2 aliphatic heterocycles. The molecule has 2 amide bonds. The standard InChI is InChI=1S/C14H24N2O5/c1-2-11-9(5-6-20-11)7-15-14(19)16-8-10-3-4-12(21-10)13(17)18/h9-12H,2-8H2,1H3,(H,17,18)(H2,15,16,19). The van der Waals surface area contributed by atoms with Gasteiger partial charge in [-0.3, -0.25) is 0 Å². The van der Waals surface area contributed by atoms with Crippen LogP contribution in [-0.2, 0) is 14.3 Å². The highest BCUT2D eigenvalue weighted by atomic mass is 16.5. The largest absolute Gasteiger partial charge is 0.479 e. The van der Waals surface area contributed by atoms with Crippen LogP contribution in [-0.4, -0.2) is 55.1 Å². The summed E-state index contributed by atoms with van der Waals surface area (Å²) in [6.07, 6.45) is 2.38. The number of amides is 2. The lowest BCUT2D eigenvalue weighted by atomic mass is 10.00. The Hall–Kier alpha value is -1.34. The third kappa shape index (κ3) is 4.57. The highest BCUT2D eigenvalue weighted by Gasteiger charge is 2.31. The van der Waals surface area contributed by atoms with E-state index in [0.717, 1.165) is 19.4 Å². The molecular weight excluding hydrogens is 276 g/mol. The predicted molar refractivity (Wildman–Crippen MR) is 75.1 cm³/mol. The number of ether oxygens (including phenoxy) is 2. The molecule has 120 valence electrons. The predicted octanol–water partition coefficient (Wildman–Crippen LogP) is 0.733. The van der Waals surface area contributed by atoms with Crippen LogP contribution in [0.2, 0.25) is 0 Å². The van der Waals surface area contributed by atoms with Crippen LogP contribution in [0.3, 0.4) is 0 Å². The van der Waals surface area contributed by atoms with Crippen LogP contribution in [0.4, 0.5) is 4.79 Å². The van der Waals surface area contributed by atoms with Crippen LogP contribution < -0.4 is 10.6 Å². The van der Waals surface area contributed by atoms with Crippen molar-refractivity contribution in [2.24, 2.45) is 5.92 Å². The number of hydrogen-bond acceptors (Lipinski definition) is 4. The molecule has 2 heterocycles. The SMILES string of the molecule is CCC1OCCC1CNC(=O)NCC1CCC(C(=O)O)O1. The summed E-state index contributed by atoms with van der Waals surface area (Å²) in [5, 5.41) is 14.4. The monoisotopic (exact) mass is 300 g/mol. The van der Waals surface area contributed by atoms with Gasteiger partial charge < -0.3 is 25.2 Å². The maximum Gasteiger partial charge on any atom is 0.332 e. The van der Waals surface area contributed by atoms with Gasteiger partial charge in [-0.25, -0.2) is 9.59 Å². The van der Waals surface area contributed by atoms with Crippen molar-refractivity contribution in [2.45, 2.75) is 50.9 Å². The minimum absolute atomic E-state index is 0.213. The zero-order chi connectivity index (χ0) is 15.2. The molecule has 0 aromatic carbocycles. The first-order valence-corrected chi connectivity index (χ1v) is 7.61. The summed E-state index contributed by atoms with van der Waals surface area (Å²) in [4.78, 5) is 22.5. The van der Waals surface area contributed by atoms with Crippen molar-refractivity contribution < 1.29 is 24.2 Å². The number of aliphatic carboxylic acids is 1. The molecule has 2 rings (SSSR count). The van der Waals surface area contributed by atoms with Crippen molar-refractivity contribution in [3.8, 4) is 0 Å². The highest BCUT2D eigenvalue weighted by molar-refractivity contribution is 5.74. The normalized spacial score (nSPS) is 32.0. The maximum atomic E-state index is 11.7. The smallest absolute Gasteiger partial charge is 0.332 e. The minimum atomic E-state index is -0.936. The Bertz CT molecular complexity index is 376. The summed E-state index contributed by atoms with van der Waals surface area (Å²) in [5.41, 5.74) is 0. The number of carbonyl (C=O) groups excluding carboxylic acids is 1. The molecule has 0 saturated carbocycles. The Kier molecular flexibility index (Phi) is 5.81. The van der Waals surface area contributed by atoms with Crippen molar-refractivity contribution >= 4 is 12.0 Å². The topological polar surface area (TPSA) is 96.9 Å². The van der Waals surface area contributed by atoms with E-state index in [1.807, 2.05) is 0 Å². The van der Waals surface area contributed by atoms with Crippen molar-refractivity contribution in [1.29, 1.82) is 0 Å². The molecule has 0 aromatic heterocycles. The van der Waals surface area contributed by atoms with E-state index < -0.39 is 12.1 Å². The van der Waals surface area contributed by atoms with Gasteiger partial charge in [0.2, 0.25) is 0 Å². The fraction of sp³-hybridized carbons (Fsp3) is 0.857. The van der Waals surface area contributed by atoms with E-state index in [1.54, 1.807) is 0 Å². The second kappa shape index (κ2) is 7.61. The first-order valence-electron chi connectivity index (χ1n) is 7.61. The van der Waals surface area contributed by atoms with Gasteiger partial charge in [-0.05, 0) is 25.7 Å². The van der Waals surface area contributed by atoms with Crippen molar-refractivity contribution in [1.82, 2.24) is 10.6 Å². The van der Waals surface area contributed by atoms with Crippen LogP contribution in [0.1, 0.15) is 32.6 Å². The van der Waals surface area contributed by atoms with Crippen LogP contribution in [0.15, 0.2) is 0 Å². The lowest BCUT2D eigenvalue weighted by Gasteiger charge is -2.18. The van der Waals surface area contributed by atoms with Gasteiger partial charge in [-0.1, -0.05) is 6.92 Å². The Morgan fingerprint density at radius 2 is 1.95 bits per heavy atom.